The molecule has 0 fully saturated rings. The van der Waals surface area contributed by atoms with Crippen molar-refractivity contribution in [2.45, 2.75) is 13.8 Å². The predicted molar refractivity (Wildman–Crippen MR) is 76.8 cm³/mol. The summed E-state index contributed by atoms with van der Waals surface area (Å²) in [5.41, 5.74) is 2.73. The zero-order valence-electron chi connectivity index (χ0n) is 10.8. The first-order valence-electron chi connectivity index (χ1n) is 5.77. The molecular formula is C14H18BrNO2. The van der Waals surface area contributed by atoms with Gasteiger partial charge in [-0.2, -0.15) is 0 Å². The Balaban J connectivity index is 2.36. The number of hydrogen-bond acceptors (Lipinski definition) is 2. The molecule has 0 atom stereocenters. The molecule has 0 heterocycles. The molecule has 0 bridgehead atoms. The minimum atomic E-state index is -0.0883. The van der Waals surface area contributed by atoms with Crippen molar-refractivity contribution < 1.29 is 9.53 Å². The molecule has 18 heavy (non-hydrogen) atoms. The average molecular weight is 312 g/mol. The molecule has 4 heteroatoms. The number of amides is 1. The predicted octanol–water partition coefficient (Wildman–Crippen LogP) is 3.08. The highest BCUT2D eigenvalue weighted by Crippen LogP contribution is 2.17. The van der Waals surface area contributed by atoms with E-state index in [0.29, 0.717) is 25.3 Å². The summed E-state index contributed by atoms with van der Waals surface area (Å²) in [4.78, 5) is 11.8. The van der Waals surface area contributed by atoms with Crippen molar-refractivity contribution in [1.82, 2.24) is 5.32 Å². The van der Waals surface area contributed by atoms with Crippen molar-refractivity contribution in [1.29, 1.82) is 0 Å². The summed E-state index contributed by atoms with van der Waals surface area (Å²) in [7, 11) is 0. The molecule has 0 radical (unpaired) electrons. The van der Waals surface area contributed by atoms with Gasteiger partial charge in [-0.05, 0) is 31.5 Å². The minimum Gasteiger partial charge on any atom is -0.375 e. The number of benzene rings is 1. The normalized spacial score (nSPS) is 10.2. The Morgan fingerprint density at radius 3 is 2.83 bits per heavy atom. The Morgan fingerprint density at radius 1 is 1.50 bits per heavy atom. The lowest BCUT2D eigenvalue weighted by Crippen LogP contribution is -2.27. The Labute approximate surface area is 116 Å². The van der Waals surface area contributed by atoms with Crippen molar-refractivity contribution >= 4 is 21.8 Å². The second kappa shape index (κ2) is 7.34. The second-order valence-corrected chi connectivity index (χ2v) is 5.08. The number of carbonyl (C=O) groups excluding carboxylic acids is 1. The Bertz CT molecular complexity index is 443. The molecule has 0 spiro atoms. The van der Waals surface area contributed by atoms with Gasteiger partial charge in [-0.25, -0.2) is 0 Å². The SMILES string of the molecule is C=C(C)COCCNC(=O)c1ccc(C)c(Br)c1. The quantitative estimate of drug-likeness (QED) is 0.647. The summed E-state index contributed by atoms with van der Waals surface area (Å²) >= 11 is 3.41. The lowest BCUT2D eigenvalue weighted by atomic mass is 10.1. The van der Waals surface area contributed by atoms with Crippen LogP contribution in [0.15, 0.2) is 34.8 Å². The highest BCUT2D eigenvalue weighted by molar-refractivity contribution is 9.10. The fraction of sp³-hybridized carbons (Fsp3) is 0.357. The third kappa shape index (κ3) is 5.02. The van der Waals surface area contributed by atoms with E-state index in [1.54, 1.807) is 0 Å². The van der Waals surface area contributed by atoms with E-state index in [-0.39, 0.29) is 5.91 Å². The van der Waals surface area contributed by atoms with Crippen LogP contribution < -0.4 is 5.32 Å². The monoisotopic (exact) mass is 311 g/mol. The number of nitrogens with one attached hydrogen (secondary N) is 1. The van der Waals surface area contributed by atoms with Crippen LogP contribution in [0.2, 0.25) is 0 Å². The van der Waals surface area contributed by atoms with E-state index in [0.717, 1.165) is 15.6 Å². The van der Waals surface area contributed by atoms with Gasteiger partial charge in [0.05, 0.1) is 13.2 Å². The highest BCUT2D eigenvalue weighted by Gasteiger charge is 2.06. The summed E-state index contributed by atoms with van der Waals surface area (Å²) in [5, 5.41) is 2.80. The van der Waals surface area contributed by atoms with E-state index in [1.807, 2.05) is 32.0 Å². The largest absolute Gasteiger partial charge is 0.375 e. The van der Waals surface area contributed by atoms with E-state index >= 15 is 0 Å². The molecule has 1 aromatic rings. The molecule has 0 aromatic heterocycles. The Hall–Kier alpha value is -1.13. The van der Waals surface area contributed by atoms with Gasteiger partial charge in [0.25, 0.3) is 5.91 Å². The number of aryl methyl sites for hydroxylation is 1. The van der Waals surface area contributed by atoms with Gasteiger partial charge < -0.3 is 10.1 Å². The van der Waals surface area contributed by atoms with Gasteiger partial charge in [-0.15, -0.1) is 0 Å². The van der Waals surface area contributed by atoms with E-state index in [9.17, 15) is 4.79 Å². The van der Waals surface area contributed by atoms with Crippen LogP contribution in [0.3, 0.4) is 0 Å². The van der Waals surface area contributed by atoms with Crippen molar-refractivity contribution in [2.24, 2.45) is 0 Å². The molecule has 1 aromatic carbocycles. The van der Waals surface area contributed by atoms with E-state index < -0.39 is 0 Å². The fourth-order valence-corrected chi connectivity index (χ4v) is 1.70. The van der Waals surface area contributed by atoms with Gasteiger partial charge in [0.15, 0.2) is 0 Å². The summed E-state index contributed by atoms with van der Waals surface area (Å²) < 4.78 is 6.24. The van der Waals surface area contributed by atoms with Crippen LogP contribution in [0.4, 0.5) is 0 Å². The van der Waals surface area contributed by atoms with Crippen LogP contribution >= 0.6 is 15.9 Å². The fourth-order valence-electron chi connectivity index (χ4n) is 1.32. The van der Waals surface area contributed by atoms with Gasteiger partial charge in [-0.1, -0.05) is 34.1 Å². The molecule has 1 amide bonds. The third-order valence-corrected chi connectivity index (χ3v) is 3.17. The maximum Gasteiger partial charge on any atom is 0.251 e. The molecule has 1 rings (SSSR count). The van der Waals surface area contributed by atoms with Gasteiger partial charge in [-0.3, -0.25) is 4.79 Å². The molecule has 0 saturated heterocycles. The molecule has 0 unspecified atom stereocenters. The van der Waals surface area contributed by atoms with E-state index in [4.69, 9.17) is 4.74 Å². The Morgan fingerprint density at radius 2 is 2.22 bits per heavy atom. The first kappa shape index (κ1) is 14.9. The third-order valence-electron chi connectivity index (χ3n) is 2.31. The molecule has 0 aliphatic rings. The van der Waals surface area contributed by atoms with Crippen molar-refractivity contribution in [3.05, 3.63) is 46.0 Å². The van der Waals surface area contributed by atoms with Crippen molar-refractivity contribution in [3.63, 3.8) is 0 Å². The highest BCUT2D eigenvalue weighted by atomic mass is 79.9. The Kier molecular flexibility index (Phi) is 6.09. The smallest absolute Gasteiger partial charge is 0.251 e. The number of hydrogen-bond donors (Lipinski definition) is 1. The maximum atomic E-state index is 11.8. The van der Waals surface area contributed by atoms with Crippen molar-refractivity contribution in [3.8, 4) is 0 Å². The summed E-state index contributed by atoms with van der Waals surface area (Å²) in [6, 6.07) is 5.54. The van der Waals surface area contributed by atoms with Crippen LogP contribution in [-0.4, -0.2) is 25.7 Å². The zero-order valence-corrected chi connectivity index (χ0v) is 12.3. The first-order chi connectivity index (χ1) is 8.50. The lowest BCUT2D eigenvalue weighted by molar-refractivity contribution is 0.0926. The van der Waals surface area contributed by atoms with Crippen LogP contribution in [0.1, 0.15) is 22.8 Å². The molecule has 98 valence electrons. The van der Waals surface area contributed by atoms with Gasteiger partial charge in [0, 0.05) is 16.6 Å². The topological polar surface area (TPSA) is 38.3 Å². The molecule has 0 aliphatic heterocycles. The summed E-state index contributed by atoms with van der Waals surface area (Å²) in [6.45, 7) is 9.15. The number of ether oxygens (including phenoxy) is 1. The molecular weight excluding hydrogens is 294 g/mol. The number of halogens is 1. The summed E-state index contributed by atoms with van der Waals surface area (Å²) in [6.07, 6.45) is 0. The van der Waals surface area contributed by atoms with Gasteiger partial charge in [0.2, 0.25) is 0 Å². The zero-order chi connectivity index (χ0) is 13.5. The number of carbonyl (C=O) groups is 1. The second-order valence-electron chi connectivity index (χ2n) is 4.23. The van der Waals surface area contributed by atoms with Gasteiger partial charge >= 0.3 is 0 Å². The molecule has 3 nitrogen and oxygen atoms in total. The van der Waals surface area contributed by atoms with E-state index in [1.165, 1.54) is 0 Å². The van der Waals surface area contributed by atoms with Crippen LogP contribution in [-0.2, 0) is 4.74 Å². The number of rotatable bonds is 6. The average Bonchev–Trinajstić information content (AvgIpc) is 2.31. The van der Waals surface area contributed by atoms with Crippen LogP contribution in [0, 0.1) is 6.92 Å². The first-order valence-corrected chi connectivity index (χ1v) is 6.56. The van der Waals surface area contributed by atoms with E-state index in [2.05, 4.69) is 27.8 Å². The standard InChI is InChI=1S/C14H18BrNO2/c1-10(2)9-18-7-6-16-14(17)12-5-4-11(3)13(15)8-12/h4-5,8H,1,6-7,9H2,2-3H3,(H,16,17). The van der Waals surface area contributed by atoms with Gasteiger partial charge in [0.1, 0.15) is 0 Å². The lowest BCUT2D eigenvalue weighted by Gasteiger charge is -2.07. The maximum absolute atomic E-state index is 11.8. The molecule has 0 saturated carbocycles. The molecule has 0 aliphatic carbocycles. The van der Waals surface area contributed by atoms with Crippen LogP contribution in [0.25, 0.3) is 0 Å². The molecule has 1 N–H and O–H groups in total. The minimum absolute atomic E-state index is 0.0883. The van der Waals surface area contributed by atoms with Crippen molar-refractivity contribution in [2.75, 3.05) is 19.8 Å². The van der Waals surface area contributed by atoms with Crippen LogP contribution in [0.5, 0.6) is 0 Å². The summed E-state index contributed by atoms with van der Waals surface area (Å²) in [5.74, 6) is -0.0883.